The predicted octanol–water partition coefficient (Wildman–Crippen LogP) is -0.124. The van der Waals surface area contributed by atoms with Crippen LogP contribution in [0.25, 0.3) is 0 Å². The monoisotopic (exact) mass is 301 g/mol. The molecule has 19 heavy (non-hydrogen) atoms. The largest absolute Gasteiger partial charge is 0.388 e. The first-order valence-corrected chi connectivity index (χ1v) is 7.44. The van der Waals surface area contributed by atoms with Crippen molar-refractivity contribution >= 4 is 33.0 Å². The van der Waals surface area contributed by atoms with E-state index in [1.807, 2.05) is 6.92 Å². The number of hydrogen-bond donors (Lipinski definition) is 1. The highest BCUT2D eigenvalue weighted by atomic mass is 32.2. The molecule has 1 aromatic rings. The number of aliphatic hydroxyl groups excluding tert-OH is 1. The van der Waals surface area contributed by atoms with E-state index in [2.05, 4.69) is 9.38 Å². The van der Waals surface area contributed by atoms with Crippen molar-refractivity contribution in [1.29, 1.82) is 0 Å². The van der Waals surface area contributed by atoms with Crippen molar-refractivity contribution in [2.45, 2.75) is 6.92 Å². The highest BCUT2D eigenvalue weighted by molar-refractivity contribution is 7.88. The molecule has 1 N–H and O–H groups in total. The minimum atomic E-state index is -3.97. The van der Waals surface area contributed by atoms with E-state index in [0.29, 0.717) is 5.01 Å². The maximum Gasteiger partial charge on any atom is 0.345 e. The van der Waals surface area contributed by atoms with Crippen LogP contribution in [-0.2, 0) is 15.0 Å². The van der Waals surface area contributed by atoms with Crippen LogP contribution in [0.15, 0.2) is 22.4 Å². The Hall–Kier alpha value is -1.58. The van der Waals surface area contributed by atoms with Gasteiger partial charge in [0.25, 0.3) is 0 Å². The van der Waals surface area contributed by atoms with E-state index < -0.39 is 22.6 Å². The zero-order chi connectivity index (χ0) is 14.2. The lowest BCUT2D eigenvalue weighted by Crippen LogP contribution is -2.34. The molecule has 0 amide bonds. The lowest BCUT2D eigenvalue weighted by atomic mass is 10.2. The second-order valence-electron chi connectivity index (χ2n) is 3.81. The van der Waals surface area contributed by atoms with Gasteiger partial charge in [0.1, 0.15) is 23.0 Å². The molecule has 0 saturated carbocycles. The fraction of sp³-hybridized carbons (Fsp3) is 0.300. The van der Waals surface area contributed by atoms with Gasteiger partial charge in [-0.2, -0.15) is 8.42 Å². The number of allylic oxidation sites excluding steroid dienone is 1. The molecule has 0 saturated heterocycles. The number of carbonyl (C=O) groups excluding carboxylic acids is 1. The summed E-state index contributed by atoms with van der Waals surface area (Å²) in [5.41, 5.74) is -0.0200. The molecule has 0 radical (unpaired) electrons. The minimum Gasteiger partial charge on any atom is -0.388 e. The highest BCUT2D eigenvalue weighted by Crippen LogP contribution is 2.22. The molecule has 102 valence electrons. The number of rotatable bonds is 3. The summed E-state index contributed by atoms with van der Waals surface area (Å²) in [5.74, 6) is -0.688. The zero-order valence-electron chi connectivity index (χ0n) is 10.2. The summed E-state index contributed by atoms with van der Waals surface area (Å²) in [4.78, 5) is 16.5. The van der Waals surface area contributed by atoms with E-state index in [0.717, 1.165) is 9.18 Å². The molecule has 0 bridgehead atoms. The van der Waals surface area contributed by atoms with E-state index in [4.69, 9.17) is 5.11 Å². The smallest absolute Gasteiger partial charge is 0.345 e. The zero-order valence-corrected chi connectivity index (χ0v) is 11.8. The van der Waals surface area contributed by atoms with Crippen LogP contribution >= 0.6 is 11.3 Å². The molecule has 0 aliphatic carbocycles. The average Bonchev–Trinajstić information content (AvgIpc) is 2.78. The van der Waals surface area contributed by atoms with Crippen molar-refractivity contribution in [3.63, 3.8) is 0 Å². The number of nitrogens with zero attached hydrogens (tertiary/aromatic N) is 3. The number of ketones is 1. The minimum absolute atomic E-state index is 0.105. The normalized spacial score (nSPS) is 17.9. The standard InChI is InChI=1S/C10H11N3O4S2/c1-6-4-11-10(18-6)7-3-8(9(15)5-14)13(2)19(16,17)12-7/h3-4,14H,5H2,1-2H3. The summed E-state index contributed by atoms with van der Waals surface area (Å²) >= 11 is 1.27. The molecule has 7 nitrogen and oxygen atoms in total. The molecule has 2 rings (SSSR count). The second-order valence-corrected chi connectivity index (χ2v) is 6.67. The molecule has 1 aliphatic rings. The summed E-state index contributed by atoms with van der Waals surface area (Å²) in [6.07, 6.45) is 2.91. The van der Waals surface area contributed by atoms with Gasteiger partial charge in [-0.1, -0.05) is 0 Å². The first-order valence-electron chi connectivity index (χ1n) is 5.22. The van der Waals surface area contributed by atoms with Crippen molar-refractivity contribution in [3.05, 3.63) is 27.9 Å². The number of Topliss-reactive ketones (excluding diaryl/α,β-unsaturated/α-hetero) is 1. The van der Waals surface area contributed by atoms with E-state index in [-0.39, 0.29) is 11.4 Å². The van der Waals surface area contributed by atoms with Gasteiger partial charge < -0.3 is 5.11 Å². The van der Waals surface area contributed by atoms with Gasteiger partial charge in [0.05, 0.1) is 0 Å². The van der Waals surface area contributed by atoms with Crippen LogP contribution in [0.1, 0.15) is 9.88 Å². The topological polar surface area (TPSA) is 99.9 Å². The maximum absolute atomic E-state index is 11.8. The Morgan fingerprint density at radius 1 is 1.53 bits per heavy atom. The molecule has 1 aliphatic heterocycles. The van der Waals surface area contributed by atoms with Gasteiger partial charge in [0.15, 0.2) is 0 Å². The van der Waals surface area contributed by atoms with Crippen LogP contribution in [0.5, 0.6) is 0 Å². The Morgan fingerprint density at radius 2 is 2.21 bits per heavy atom. The Labute approximate surface area is 114 Å². The number of carbonyl (C=O) groups is 1. The molecule has 1 aromatic heterocycles. The third-order valence-electron chi connectivity index (χ3n) is 2.44. The fourth-order valence-electron chi connectivity index (χ4n) is 1.47. The first kappa shape index (κ1) is 13.8. The van der Waals surface area contributed by atoms with Crippen LogP contribution in [0.2, 0.25) is 0 Å². The van der Waals surface area contributed by atoms with Crippen molar-refractivity contribution in [2.75, 3.05) is 13.7 Å². The number of thiazole rings is 1. The van der Waals surface area contributed by atoms with Crippen molar-refractivity contribution in [2.24, 2.45) is 4.40 Å². The molecule has 0 spiro atoms. The molecule has 0 atom stereocenters. The van der Waals surface area contributed by atoms with Crippen LogP contribution in [0.4, 0.5) is 0 Å². The van der Waals surface area contributed by atoms with Crippen molar-refractivity contribution in [1.82, 2.24) is 9.29 Å². The summed E-state index contributed by atoms with van der Waals surface area (Å²) < 4.78 is 28.0. The molecule has 0 fully saturated rings. The van der Waals surface area contributed by atoms with E-state index in [1.54, 1.807) is 6.20 Å². The van der Waals surface area contributed by atoms with Gasteiger partial charge in [-0.25, -0.2) is 4.98 Å². The van der Waals surface area contributed by atoms with E-state index in [1.165, 1.54) is 24.5 Å². The predicted molar refractivity (Wildman–Crippen MR) is 70.2 cm³/mol. The highest BCUT2D eigenvalue weighted by Gasteiger charge is 2.30. The summed E-state index contributed by atoms with van der Waals surface area (Å²) in [6.45, 7) is 1.06. The van der Waals surface area contributed by atoms with Crippen LogP contribution in [0, 0.1) is 6.92 Å². The Bertz CT molecular complexity index is 687. The summed E-state index contributed by atoms with van der Waals surface area (Å²) in [6, 6.07) is 0. The van der Waals surface area contributed by atoms with Gasteiger partial charge >= 0.3 is 10.2 Å². The molecule has 2 heterocycles. The molecular weight excluding hydrogens is 290 g/mol. The lowest BCUT2D eigenvalue weighted by Gasteiger charge is -2.22. The third kappa shape index (κ3) is 2.57. The first-order chi connectivity index (χ1) is 8.85. The Morgan fingerprint density at radius 3 is 2.74 bits per heavy atom. The SMILES string of the molecule is Cc1cnc(C2=NS(=O)(=O)N(C)C(C(=O)CO)=C2)s1. The molecule has 0 aromatic carbocycles. The number of hydrogen-bond acceptors (Lipinski definition) is 6. The van der Waals surface area contributed by atoms with Gasteiger partial charge in [0.2, 0.25) is 5.78 Å². The number of likely N-dealkylation sites (N-methyl/N-ethyl adjacent to an activating group) is 1. The fourth-order valence-corrected chi connectivity index (χ4v) is 3.16. The van der Waals surface area contributed by atoms with Crippen molar-refractivity contribution < 1.29 is 18.3 Å². The number of aryl methyl sites for hydroxylation is 1. The molecule has 9 heteroatoms. The third-order valence-corrected chi connectivity index (χ3v) is 4.69. The van der Waals surface area contributed by atoms with Gasteiger partial charge in [-0.3, -0.25) is 9.10 Å². The second kappa shape index (κ2) is 4.83. The van der Waals surface area contributed by atoms with E-state index >= 15 is 0 Å². The van der Waals surface area contributed by atoms with Crippen molar-refractivity contribution in [3.8, 4) is 0 Å². The summed E-state index contributed by atoms with van der Waals surface area (Å²) in [5, 5.41) is 9.29. The number of aromatic nitrogens is 1. The number of aliphatic hydroxyl groups is 1. The quantitative estimate of drug-likeness (QED) is 0.838. The van der Waals surface area contributed by atoms with Gasteiger partial charge in [0, 0.05) is 18.1 Å². The average molecular weight is 301 g/mol. The van der Waals surface area contributed by atoms with Crippen LogP contribution < -0.4 is 0 Å². The van der Waals surface area contributed by atoms with Gasteiger partial charge in [-0.15, -0.1) is 15.7 Å². The Kier molecular flexibility index (Phi) is 3.52. The van der Waals surface area contributed by atoms with Crippen LogP contribution in [0.3, 0.4) is 0 Å². The lowest BCUT2D eigenvalue weighted by molar-refractivity contribution is -0.119. The molecular formula is C10H11N3O4S2. The van der Waals surface area contributed by atoms with Crippen LogP contribution in [-0.4, -0.2) is 48.0 Å². The Balaban J connectivity index is 2.55. The molecule has 0 unspecified atom stereocenters. The summed E-state index contributed by atoms with van der Waals surface area (Å²) in [7, 11) is -2.76. The maximum atomic E-state index is 11.8. The van der Waals surface area contributed by atoms with E-state index in [9.17, 15) is 13.2 Å². The van der Waals surface area contributed by atoms with Gasteiger partial charge in [-0.05, 0) is 13.0 Å².